The third kappa shape index (κ3) is 6.07. The number of halogens is 1. The highest BCUT2D eigenvalue weighted by atomic mass is 35.5. The molecule has 2 heterocycles. The molecular formula is C29H30ClN5O. The van der Waals surface area contributed by atoms with Crippen LogP contribution in [0.15, 0.2) is 84.9 Å². The average Bonchev–Trinajstić information content (AvgIpc) is 2.91. The molecule has 36 heavy (non-hydrogen) atoms. The molecule has 1 aliphatic heterocycles. The van der Waals surface area contributed by atoms with Crippen molar-refractivity contribution in [3.63, 3.8) is 0 Å². The Balaban J connectivity index is 1.24. The first-order valence-electron chi connectivity index (χ1n) is 12.4. The molecule has 4 aromatic rings. The van der Waals surface area contributed by atoms with Crippen LogP contribution in [0.25, 0.3) is 0 Å². The maximum absolute atomic E-state index is 6.03. The van der Waals surface area contributed by atoms with E-state index in [0.29, 0.717) is 5.02 Å². The van der Waals surface area contributed by atoms with Gasteiger partial charge < -0.3 is 19.9 Å². The van der Waals surface area contributed by atoms with E-state index >= 15 is 0 Å². The van der Waals surface area contributed by atoms with Crippen molar-refractivity contribution in [1.29, 1.82) is 0 Å². The summed E-state index contributed by atoms with van der Waals surface area (Å²) in [5, 5.41) is 4.12. The van der Waals surface area contributed by atoms with Gasteiger partial charge >= 0.3 is 0 Å². The molecule has 0 radical (unpaired) electrons. The van der Waals surface area contributed by atoms with Crippen molar-refractivity contribution in [2.75, 3.05) is 41.3 Å². The first-order valence-corrected chi connectivity index (χ1v) is 12.8. The van der Waals surface area contributed by atoms with Crippen LogP contribution in [-0.4, -0.2) is 36.1 Å². The van der Waals surface area contributed by atoms with Crippen molar-refractivity contribution >= 4 is 34.6 Å². The molecular weight excluding hydrogens is 470 g/mol. The van der Waals surface area contributed by atoms with Crippen LogP contribution < -0.4 is 19.9 Å². The zero-order valence-corrected chi connectivity index (χ0v) is 21.2. The summed E-state index contributed by atoms with van der Waals surface area (Å²) in [6, 6.07) is 27.9. The first kappa shape index (κ1) is 23.9. The molecule has 1 N–H and O–H groups in total. The van der Waals surface area contributed by atoms with Crippen LogP contribution in [0.4, 0.5) is 23.0 Å². The minimum atomic E-state index is 0.715. The van der Waals surface area contributed by atoms with Crippen LogP contribution in [0.3, 0.4) is 0 Å². The average molecular weight is 500 g/mol. The van der Waals surface area contributed by atoms with E-state index in [0.717, 1.165) is 73.7 Å². The van der Waals surface area contributed by atoms with Gasteiger partial charge in [-0.15, -0.1) is 0 Å². The quantitative estimate of drug-likeness (QED) is 0.283. The van der Waals surface area contributed by atoms with Crippen LogP contribution >= 0.6 is 11.6 Å². The number of nitrogens with zero attached hydrogens (tertiary/aromatic N) is 4. The number of anilines is 4. The third-order valence-electron chi connectivity index (χ3n) is 6.13. The zero-order valence-electron chi connectivity index (χ0n) is 20.4. The van der Waals surface area contributed by atoms with Crippen molar-refractivity contribution in [3.8, 4) is 11.5 Å². The SMILES string of the molecule is CCCc1nc(Nc2ccc(Cl)cc2)cc(N2CCN(c3ccc(Oc4ccccc4)cc3)CC2)n1. The lowest BCUT2D eigenvalue weighted by Crippen LogP contribution is -2.47. The van der Waals surface area contributed by atoms with Crippen molar-refractivity contribution < 1.29 is 4.74 Å². The number of aryl methyl sites for hydroxylation is 1. The normalized spacial score (nSPS) is 13.5. The Labute approximate surface area is 217 Å². The van der Waals surface area contributed by atoms with Gasteiger partial charge in [-0.05, 0) is 67.1 Å². The molecule has 1 aliphatic rings. The number of piperazine rings is 1. The van der Waals surface area contributed by atoms with E-state index in [1.807, 2.05) is 72.8 Å². The molecule has 0 saturated carbocycles. The van der Waals surface area contributed by atoms with Gasteiger partial charge in [0.1, 0.15) is 29.0 Å². The van der Waals surface area contributed by atoms with Gasteiger partial charge in [-0.25, -0.2) is 9.97 Å². The number of aromatic nitrogens is 2. The summed E-state index contributed by atoms with van der Waals surface area (Å²) in [6.07, 6.45) is 1.85. The Morgan fingerprint density at radius 1 is 0.806 bits per heavy atom. The van der Waals surface area contributed by atoms with E-state index in [4.69, 9.17) is 26.3 Å². The molecule has 3 aromatic carbocycles. The van der Waals surface area contributed by atoms with Crippen molar-refractivity contribution in [3.05, 3.63) is 95.8 Å². The third-order valence-corrected chi connectivity index (χ3v) is 6.39. The van der Waals surface area contributed by atoms with E-state index < -0.39 is 0 Å². The molecule has 1 fully saturated rings. The second-order valence-electron chi connectivity index (χ2n) is 8.79. The number of hydrogen-bond donors (Lipinski definition) is 1. The summed E-state index contributed by atoms with van der Waals surface area (Å²) >= 11 is 6.03. The molecule has 0 bridgehead atoms. The van der Waals surface area contributed by atoms with E-state index in [1.165, 1.54) is 5.69 Å². The maximum Gasteiger partial charge on any atom is 0.136 e. The van der Waals surface area contributed by atoms with Crippen LogP contribution in [0, 0.1) is 0 Å². The second-order valence-corrected chi connectivity index (χ2v) is 9.23. The Hall–Kier alpha value is -3.77. The molecule has 1 saturated heterocycles. The standard InChI is InChI=1S/C29H30ClN5O/c1-2-6-27-32-28(31-23-11-9-22(30)10-12-23)21-29(33-27)35-19-17-34(18-20-35)24-13-15-26(16-14-24)36-25-7-4-3-5-8-25/h3-5,7-16,21H,2,6,17-20H2,1H3,(H,31,32,33). The van der Waals surface area contributed by atoms with Gasteiger partial charge in [-0.2, -0.15) is 0 Å². The van der Waals surface area contributed by atoms with Gasteiger partial charge in [-0.1, -0.05) is 36.7 Å². The Bertz CT molecular complexity index is 1260. The minimum Gasteiger partial charge on any atom is -0.457 e. The molecule has 5 rings (SSSR count). The first-order chi connectivity index (χ1) is 17.7. The van der Waals surface area contributed by atoms with E-state index in [1.54, 1.807) is 0 Å². The number of nitrogens with one attached hydrogen (secondary N) is 1. The molecule has 0 atom stereocenters. The monoisotopic (exact) mass is 499 g/mol. The molecule has 0 unspecified atom stereocenters. The van der Waals surface area contributed by atoms with Crippen molar-refractivity contribution in [2.45, 2.75) is 19.8 Å². The molecule has 184 valence electrons. The summed E-state index contributed by atoms with van der Waals surface area (Å²) in [5.74, 6) is 4.33. The van der Waals surface area contributed by atoms with E-state index in [-0.39, 0.29) is 0 Å². The highest BCUT2D eigenvalue weighted by molar-refractivity contribution is 6.30. The fraction of sp³-hybridized carbons (Fsp3) is 0.241. The molecule has 0 aliphatic carbocycles. The van der Waals surface area contributed by atoms with Gasteiger partial charge in [-0.3, -0.25) is 0 Å². The fourth-order valence-electron chi connectivity index (χ4n) is 4.27. The number of hydrogen-bond acceptors (Lipinski definition) is 6. The predicted octanol–water partition coefficient (Wildman–Crippen LogP) is 6.95. The highest BCUT2D eigenvalue weighted by Crippen LogP contribution is 2.27. The number of ether oxygens (including phenoxy) is 1. The topological polar surface area (TPSA) is 53.5 Å². The molecule has 1 aromatic heterocycles. The Kier molecular flexibility index (Phi) is 7.52. The molecule has 7 heteroatoms. The van der Waals surface area contributed by atoms with Crippen LogP contribution in [-0.2, 0) is 6.42 Å². The largest absolute Gasteiger partial charge is 0.457 e. The fourth-order valence-corrected chi connectivity index (χ4v) is 4.40. The van der Waals surface area contributed by atoms with Crippen LogP contribution in [0.2, 0.25) is 5.02 Å². The lowest BCUT2D eigenvalue weighted by Gasteiger charge is -2.37. The zero-order chi connectivity index (χ0) is 24.7. The number of rotatable bonds is 8. The summed E-state index contributed by atoms with van der Waals surface area (Å²) in [5.41, 5.74) is 2.16. The summed E-state index contributed by atoms with van der Waals surface area (Å²) in [7, 11) is 0. The van der Waals surface area contributed by atoms with Gasteiger partial charge in [0.2, 0.25) is 0 Å². The van der Waals surface area contributed by atoms with Crippen molar-refractivity contribution in [2.24, 2.45) is 0 Å². The number of benzene rings is 3. The lowest BCUT2D eigenvalue weighted by molar-refractivity contribution is 0.482. The summed E-state index contributed by atoms with van der Waals surface area (Å²) in [6.45, 7) is 5.78. The molecule has 0 amide bonds. The molecule has 6 nitrogen and oxygen atoms in total. The predicted molar refractivity (Wildman–Crippen MR) is 148 cm³/mol. The van der Waals surface area contributed by atoms with Gasteiger partial charge in [0.15, 0.2) is 0 Å². The second kappa shape index (κ2) is 11.3. The van der Waals surface area contributed by atoms with Crippen molar-refractivity contribution in [1.82, 2.24) is 9.97 Å². The van der Waals surface area contributed by atoms with Crippen LogP contribution in [0.5, 0.6) is 11.5 Å². The Morgan fingerprint density at radius 3 is 2.17 bits per heavy atom. The van der Waals surface area contributed by atoms with Gasteiger partial charge in [0.05, 0.1) is 0 Å². The summed E-state index contributed by atoms with van der Waals surface area (Å²) in [4.78, 5) is 14.4. The van der Waals surface area contributed by atoms with Gasteiger partial charge in [0.25, 0.3) is 0 Å². The smallest absolute Gasteiger partial charge is 0.136 e. The Morgan fingerprint density at radius 2 is 1.47 bits per heavy atom. The summed E-state index contributed by atoms with van der Waals surface area (Å²) < 4.78 is 5.93. The van der Waals surface area contributed by atoms with Gasteiger partial charge in [0, 0.05) is 55.1 Å². The minimum absolute atomic E-state index is 0.715. The lowest BCUT2D eigenvalue weighted by atomic mass is 10.2. The molecule has 0 spiro atoms. The van der Waals surface area contributed by atoms with E-state index in [9.17, 15) is 0 Å². The maximum atomic E-state index is 6.03. The number of para-hydroxylation sites is 1. The van der Waals surface area contributed by atoms with Crippen LogP contribution in [0.1, 0.15) is 19.2 Å². The highest BCUT2D eigenvalue weighted by Gasteiger charge is 2.20. The van der Waals surface area contributed by atoms with E-state index in [2.05, 4.69) is 34.2 Å².